The maximum Gasteiger partial charge on any atom is 0.314 e. The van der Waals surface area contributed by atoms with Crippen molar-refractivity contribution in [3.63, 3.8) is 0 Å². The van der Waals surface area contributed by atoms with E-state index in [-0.39, 0.29) is 6.03 Å². The summed E-state index contributed by atoms with van der Waals surface area (Å²) in [5.74, 6) is 0. The van der Waals surface area contributed by atoms with E-state index in [4.69, 9.17) is 0 Å². The number of amides is 2. The van der Waals surface area contributed by atoms with Crippen molar-refractivity contribution in [3.8, 4) is 0 Å². The van der Waals surface area contributed by atoms with E-state index in [9.17, 15) is 9.90 Å². The minimum atomic E-state index is -0.450. The number of aryl methyl sites for hydroxylation is 2. The Kier molecular flexibility index (Phi) is 7.43. The predicted molar refractivity (Wildman–Crippen MR) is 77.5 cm³/mol. The highest BCUT2D eigenvalue weighted by molar-refractivity contribution is 7.09. The third kappa shape index (κ3) is 7.12. The van der Waals surface area contributed by atoms with E-state index < -0.39 is 6.10 Å². The molecule has 6 heteroatoms. The first kappa shape index (κ1) is 15.9. The van der Waals surface area contributed by atoms with Gasteiger partial charge >= 0.3 is 6.03 Å². The van der Waals surface area contributed by atoms with Crippen LogP contribution >= 0.6 is 11.3 Å². The lowest BCUT2D eigenvalue weighted by atomic mass is 10.2. The maximum absolute atomic E-state index is 11.4. The summed E-state index contributed by atoms with van der Waals surface area (Å²) in [5.41, 5.74) is 1.05. The summed E-state index contributed by atoms with van der Waals surface area (Å²) in [5, 5.41) is 18.0. The standard InChI is InChI=1S/C13H23N3O2S/c1-3-5-11(17)8-15-13(18)14-7-4-6-12-16-10(2)9-19-12/h9,11,17H,3-8H2,1-2H3,(H2,14,15,18). The molecule has 0 fully saturated rings. The minimum absolute atomic E-state index is 0.217. The molecule has 0 spiro atoms. The Morgan fingerprint density at radius 3 is 2.95 bits per heavy atom. The minimum Gasteiger partial charge on any atom is -0.391 e. The summed E-state index contributed by atoms with van der Waals surface area (Å²) >= 11 is 1.66. The fourth-order valence-electron chi connectivity index (χ4n) is 1.67. The normalized spacial score (nSPS) is 12.2. The monoisotopic (exact) mass is 285 g/mol. The molecule has 0 aliphatic heterocycles. The molecule has 19 heavy (non-hydrogen) atoms. The van der Waals surface area contributed by atoms with E-state index in [0.29, 0.717) is 19.5 Å². The lowest BCUT2D eigenvalue weighted by Gasteiger charge is -2.11. The summed E-state index contributed by atoms with van der Waals surface area (Å²) in [6.07, 6.45) is 2.94. The number of carbonyl (C=O) groups is 1. The molecule has 0 saturated heterocycles. The van der Waals surface area contributed by atoms with Crippen LogP contribution in [0.1, 0.15) is 36.9 Å². The van der Waals surface area contributed by atoms with E-state index in [2.05, 4.69) is 15.6 Å². The molecule has 0 bridgehead atoms. The predicted octanol–water partition coefficient (Wildman–Crippen LogP) is 1.84. The Morgan fingerprint density at radius 1 is 1.53 bits per heavy atom. The first-order valence-electron chi connectivity index (χ1n) is 6.72. The van der Waals surface area contributed by atoms with Crippen LogP contribution < -0.4 is 10.6 Å². The van der Waals surface area contributed by atoms with Crippen LogP contribution in [0.3, 0.4) is 0 Å². The number of urea groups is 1. The number of carbonyl (C=O) groups excluding carboxylic acids is 1. The molecule has 1 aromatic rings. The second kappa shape index (κ2) is 8.87. The molecule has 1 unspecified atom stereocenters. The van der Waals surface area contributed by atoms with Crippen molar-refractivity contribution in [2.24, 2.45) is 0 Å². The van der Waals surface area contributed by atoms with Gasteiger partial charge in [0.15, 0.2) is 0 Å². The average Bonchev–Trinajstić information content (AvgIpc) is 2.78. The first-order valence-corrected chi connectivity index (χ1v) is 7.60. The molecule has 0 aliphatic rings. The van der Waals surface area contributed by atoms with Crippen LogP contribution in [-0.4, -0.2) is 35.3 Å². The van der Waals surface area contributed by atoms with Crippen LogP contribution in [0.25, 0.3) is 0 Å². The number of aliphatic hydroxyl groups is 1. The Labute approximate surface area is 118 Å². The summed E-state index contributed by atoms with van der Waals surface area (Å²) < 4.78 is 0. The van der Waals surface area contributed by atoms with Crippen molar-refractivity contribution in [1.29, 1.82) is 0 Å². The SMILES string of the molecule is CCCC(O)CNC(=O)NCCCc1nc(C)cs1. The Bertz CT molecular complexity index is 382. The zero-order valence-electron chi connectivity index (χ0n) is 11.6. The van der Waals surface area contributed by atoms with E-state index in [0.717, 1.165) is 30.0 Å². The van der Waals surface area contributed by atoms with Gasteiger partial charge < -0.3 is 15.7 Å². The fraction of sp³-hybridized carbons (Fsp3) is 0.692. The van der Waals surface area contributed by atoms with Crippen molar-refractivity contribution in [2.75, 3.05) is 13.1 Å². The van der Waals surface area contributed by atoms with Gasteiger partial charge in [0.1, 0.15) is 0 Å². The lowest BCUT2D eigenvalue weighted by Crippen LogP contribution is -2.40. The van der Waals surface area contributed by atoms with E-state index in [1.54, 1.807) is 11.3 Å². The molecule has 1 atom stereocenters. The highest BCUT2D eigenvalue weighted by atomic mass is 32.1. The number of nitrogens with one attached hydrogen (secondary N) is 2. The molecule has 0 radical (unpaired) electrons. The molecule has 0 aromatic carbocycles. The molecule has 0 saturated carbocycles. The molecule has 2 amide bonds. The first-order chi connectivity index (χ1) is 9.11. The zero-order chi connectivity index (χ0) is 14.1. The van der Waals surface area contributed by atoms with E-state index in [1.165, 1.54) is 0 Å². The number of rotatable bonds is 8. The van der Waals surface area contributed by atoms with Crippen molar-refractivity contribution in [2.45, 2.75) is 45.6 Å². The largest absolute Gasteiger partial charge is 0.391 e. The van der Waals surface area contributed by atoms with Crippen LogP contribution in [-0.2, 0) is 6.42 Å². The van der Waals surface area contributed by atoms with Gasteiger partial charge in [-0.15, -0.1) is 11.3 Å². The topological polar surface area (TPSA) is 74.2 Å². The number of hydrogen-bond acceptors (Lipinski definition) is 4. The van der Waals surface area contributed by atoms with Crippen molar-refractivity contribution < 1.29 is 9.90 Å². The second-order valence-corrected chi connectivity index (χ2v) is 5.51. The van der Waals surface area contributed by atoms with Crippen molar-refractivity contribution in [3.05, 3.63) is 16.1 Å². The average molecular weight is 285 g/mol. The molecule has 5 nitrogen and oxygen atoms in total. The second-order valence-electron chi connectivity index (χ2n) is 4.57. The highest BCUT2D eigenvalue weighted by Crippen LogP contribution is 2.10. The number of nitrogens with zero attached hydrogens (tertiary/aromatic N) is 1. The Balaban J connectivity index is 2.04. The van der Waals surface area contributed by atoms with Gasteiger partial charge in [-0.2, -0.15) is 0 Å². The zero-order valence-corrected chi connectivity index (χ0v) is 12.4. The van der Waals surface area contributed by atoms with E-state index >= 15 is 0 Å². The number of aromatic nitrogens is 1. The molecule has 3 N–H and O–H groups in total. The molecule has 1 heterocycles. The number of thiazole rings is 1. The van der Waals surface area contributed by atoms with Gasteiger partial charge in [0.25, 0.3) is 0 Å². The van der Waals surface area contributed by atoms with Gasteiger partial charge in [0.05, 0.1) is 11.1 Å². The summed E-state index contributed by atoms with van der Waals surface area (Å²) in [4.78, 5) is 15.8. The maximum atomic E-state index is 11.4. The summed E-state index contributed by atoms with van der Waals surface area (Å²) in [6.45, 7) is 4.91. The third-order valence-corrected chi connectivity index (χ3v) is 3.67. The number of aliphatic hydroxyl groups excluding tert-OH is 1. The molecule has 1 aromatic heterocycles. The Morgan fingerprint density at radius 2 is 2.32 bits per heavy atom. The van der Waals surface area contributed by atoms with Gasteiger partial charge in [-0.25, -0.2) is 9.78 Å². The van der Waals surface area contributed by atoms with E-state index in [1.807, 2.05) is 19.2 Å². The highest BCUT2D eigenvalue weighted by Gasteiger charge is 2.05. The quantitative estimate of drug-likeness (QED) is 0.638. The Hall–Kier alpha value is -1.14. The summed E-state index contributed by atoms with van der Waals surface area (Å²) in [7, 11) is 0. The lowest BCUT2D eigenvalue weighted by molar-refractivity contribution is 0.160. The van der Waals surface area contributed by atoms with Crippen molar-refractivity contribution in [1.82, 2.24) is 15.6 Å². The smallest absolute Gasteiger partial charge is 0.314 e. The van der Waals surface area contributed by atoms with Crippen LogP contribution in [0.4, 0.5) is 4.79 Å². The van der Waals surface area contributed by atoms with Gasteiger partial charge in [-0.1, -0.05) is 13.3 Å². The van der Waals surface area contributed by atoms with Crippen LogP contribution in [0, 0.1) is 6.92 Å². The van der Waals surface area contributed by atoms with Gasteiger partial charge in [0.2, 0.25) is 0 Å². The fourth-order valence-corrected chi connectivity index (χ4v) is 2.49. The van der Waals surface area contributed by atoms with Gasteiger partial charge in [-0.05, 0) is 19.8 Å². The van der Waals surface area contributed by atoms with Crippen LogP contribution in [0.5, 0.6) is 0 Å². The van der Waals surface area contributed by atoms with Gasteiger partial charge in [-0.3, -0.25) is 0 Å². The summed E-state index contributed by atoms with van der Waals surface area (Å²) in [6, 6.07) is -0.217. The van der Waals surface area contributed by atoms with Gasteiger partial charge in [0, 0.05) is 30.6 Å². The van der Waals surface area contributed by atoms with Crippen LogP contribution in [0.15, 0.2) is 5.38 Å². The molecular weight excluding hydrogens is 262 g/mol. The molecule has 108 valence electrons. The molecule has 0 aliphatic carbocycles. The van der Waals surface area contributed by atoms with Crippen LogP contribution in [0.2, 0.25) is 0 Å². The van der Waals surface area contributed by atoms with Crippen molar-refractivity contribution >= 4 is 17.4 Å². The number of hydrogen-bond donors (Lipinski definition) is 3. The third-order valence-electron chi connectivity index (χ3n) is 2.64. The molecular formula is C13H23N3O2S. The molecule has 1 rings (SSSR count).